The largest absolute Gasteiger partial charge is 0.472 e. The van der Waals surface area contributed by atoms with Crippen molar-refractivity contribution in [3.63, 3.8) is 0 Å². The second-order valence-electron chi connectivity index (χ2n) is 4.66. The Labute approximate surface area is 96.4 Å². The topological polar surface area (TPSA) is 33.5 Å². The summed E-state index contributed by atoms with van der Waals surface area (Å²) in [7, 11) is 1.88. The molecule has 2 rings (SSSR count). The summed E-state index contributed by atoms with van der Waals surface area (Å²) >= 11 is 0. The molecule has 1 aliphatic rings. The first kappa shape index (κ1) is 11.2. The Hall–Kier alpha value is -1.25. The van der Waals surface area contributed by atoms with Crippen LogP contribution in [0.25, 0.3) is 0 Å². The van der Waals surface area contributed by atoms with Crippen molar-refractivity contribution >= 4 is 5.91 Å². The number of rotatable bonds is 3. The first-order chi connectivity index (χ1) is 7.77. The zero-order valence-corrected chi connectivity index (χ0v) is 9.82. The van der Waals surface area contributed by atoms with Crippen molar-refractivity contribution in [1.29, 1.82) is 0 Å². The smallest absolute Gasteiger partial charge is 0.225 e. The molecule has 1 fully saturated rings. The van der Waals surface area contributed by atoms with Gasteiger partial charge in [0.2, 0.25) is 5.91 Å². The normalized spacial score (nSPS) is 17.3. The maximum atomic E-state index is 12.1. The van der Waals surface area contributed by atoms with Crippen LogP contribution in [0, 0.1) is 5.92 Å². The summed E-state index contributed by atoms with van der Waals surface area (Å²) in [5, 5.41) is 0. The van der Waals surface area contributed by atoms with Gasteiger partial charge in [0.05, 0.1) is 12.5 Å². The van der Waals surface area contributed by atoms with Crippen LogP contribution in [0.1, 0.15) is 37.7 Å². The lowest BCUT2D eigenvalue weighted by Gasteiger charge is -2.26. The highest BCUT2D eigenvalue weighted by molar-refractivity contribution is 5.78. The minimum Gasteiger partial charge on any atom is -0.472 e. The Morgan fingerprint density at radius 3 is 2.81 bits per heavy atom. The predicted molar refractivity (Wildman–Crippen MR) is 61.8 cm³/mol. The van der Waals surface area contributed by atoms with Gasteiger partial charge in [-0.05, 0) is 18.9 Å². The molecular formula is C13H19NO2. The van der Waals surface area contributed by atoms with E-state index in [-0.39, 0.29) is 5.92 Å². The van der Waals surface area contributed by atoms with Gasteiger partial charge in [-0.2, -0.15) is 0 Å². The molecule has 0 spiro atoms. The molecule has 3 nitrogen and oxygen atoms in total. The molecule has 0 radical (unpaired) electrons. The van der Waals surface area contributed by atoms with Gasteiger partial charge in [-0.3, -0.25) is 4.79 Å². The lowest BCUT2D eigenvalue weighted by atomic mass is 9.88. The molecule has 1 heterocycles. The van der Waals surface area contributed by atoms with E-state index < -0.39 is 0 Å². The summed E-state index contributed by atoms with van der Waals surface area (Å²) in [4.78, 5) is 13.9. The number of furan rings is 1. The van der Waals surface area contributed by atoms with Gasteiger partial charge in [0, 0.05) is 25.1 Å². The minimum atomic E-state index is 0.255. The van der Waals surface area contributed by atoms with E-state index >= 15 is 0 Å². The van der Waals surface area contributed by atoms with Gasteiger partial charge in [0.1, 0.15) is 0 Å². The summed E-state index contributed by atoms with van der Waals surface area (Å²) in [6, 6.07) is 1.91. The van der Waals surface area contributed by atoms with Crippen LogP contribution in [0.15, 0.2) is 23.0 Å². The molecule has 3 heteroatoms. The fourth-order valence-corrected chi connectivity index (χ4v) is 2.40. The Morgan fingerprint density at radius 2 is 2.19 bits per heavy atom. The number of nitrogens with zero attached hydrogens (tertiary/aromatic N) is 1. The number of carbonyl (C=O) groups excluding carboxylic acids is 1. The van der Waals surface area contributed by atoms with E-state index in [2.05, 4.69) is 0 Å². The maximum Gasteiger partial charge on any atom is 0.225 e. The van der Waals surface area contributed by atoms with Gasteiger partial charge in [0.25, 0.3) is 0 Å². The van der Waals surface area contributed by atoms with E-state index in [0.717, 1.165) is 18.4 Å². The van der Waals surface area contributed by atoms with Gasteiger partial charge in [-0.15, -0.1) is 0 Å². The van der Waals surface area contributed by atoms with E-state index in [1.54, 1.807) is 12.5 Å². The van der Waals surface area contributed by atoms with Crippen LogP contribution in [0.3, 0.4) is 0 Å². The van der Waals surface area contributed by atoms with Gasteiger partial charge >= 0.3 is 0 Å². The van der Waals surface area contributed by atoms with Crippen molar-refractivity contribution in [2.75, 3.05) is 7.05 Å². The standard InChI is InChI=1S/C13H19NO2/c1-14(9-11-7-8-16-10-11)13(15)12-5-3-2-4-6-12/h7-8,10,12H,2-6,9H2,1H3. The minimum absolute atomic E-state index is 0.255. The Kier molecular flexibility index (Phi) is 3.65. The fourth-order valence-electron chi connectivity index (χ4n) is 2.40. The molecule has 16 heavy (non-hydrogen) atoms. The number of amides is 1. The monoisotopic (exact) mass is 221 g/mol. The molecule has 1 saturated carbocycles. The van der Waals surface area contributed by atoms with E-state index in [1.165, 1.54) is 19.3 Å². The Balaban J connectivity index is 1.88. The Bertz CT molecular complexity index is 326. The third kappa shape index (κ3) is 2.65. The molecule has 0 unspecified atom stereocenters. The van der Waals surface area contributed by atoms with Crippen LogP contribution >= 0.6 is 0 Å². The van der Waals surface area contributed by atoms with E-state index in [4.69, 9.17) is 4.42 Å². The van der Waals surface area contributed by atoms with Crippen LogP contribution in [0.5, 0.6) is 0 Å². The molecule has 1 aliphatic carbocycles. The molecule has 1 amide bonds. The van der Waals surface area contributed by atoms with Crippen LogP contribution in [0.2, 0.25) is 0 Å². The summed E-state index contributed by atoms with van der Waals surface area (Å²) in [5.41, 5.74) is 1.06. The second kappa shape index (κ2) is 5.19. The van der Waals surface area contributed by atoms with Gasteiger partial charge in [-0.25, -0.2) is 0 Å². The predicted octanol–water partition coefficient (Wildman–Crippen LogP) is 2.82. The van der Waals surface area contributed by atoms with Gasteiger partial charge in [0.15, 0.2) is 0 Å². The number of carbonyl (C=O) groups is 1. The van der Waals surface area contributed by atoms with Crippen molar-refractivity contribution in [2.24, 2.45) is 5.92 Å². The van der Waals surface area contributed by atoms with E-state index in [9.17, 15) is 4.79 Å². The molecule has 0 N–H and O–H groups in total. The summed E-state index contributed by atoms with van der Waals surface area (Å²) in [6.45, 7) is 0.659. The molecule has 0 saturated heterocycles. The third-order valence-corrected chi connectivity index (χ3v) is 3.33. The zero-order chi connectivity index (χ0) is 11.4. The third-order valence-electron chi connectivity index (χ3n) is 3.33. The number of hydrogen-bond acceptors (Lipinski definition) is 2. The van der Waals surface area contributed by atoms with Crippen LogP contribution < -0.4 is 0 Å². The highest BCUT2D eigenvalue weighted by Gasteiger charge is 2.23. The molecule has 1 aromatic heterocycles. The van der Waals surface area contributed by atoms with Gasteiger partial charge < -0.3 is 9.32 Å². The zero-order valence-electron chi connectivity index (χ0n) is 9.82. The molecule has 1 aromatic rings. The van der Waals surface area contributed by atoms with E-state index in [1.807, 2.05) is 18.0 Å². The molecule has 0 aliphatic heterocycles. The lowest BCUT2D eigenvalue weighted by Crippen LogP contribution is -2.33. The quantitative estimate of drug-likeness (QED) is 0.786. The summed E-state index contributed by atoms with van der Waals surface area (Å²) in [5.74, 6) is 0.548. The number of hydrogen-bond donors (Lipinski definition) is 0. The average molecular weight is 221 g/mol. The first-order valence-corrected chi connectivity index (χ1v) is 6.03. The van der Waals surface area contributed by atoms with Gasteiger partial charge in [-0.1, -0.05) is 19.3 Å². The highest BCUT2D eigenvalue weighted by atomic mass is 16.3. The lowest BCUT2D eigenvalue weighted by molar-refractivity contribution is -0.135. The highest BCUT2D eigenvalue weighted by Crippen LogP contribution is 2.25. The maximum absolute atomic E-state index is 12.1. The molecule has 0 bridgehead atoms. The fraction of sp³-hybridized carbons (Fsp3) is 0.615. The van der Waals surface area contributed by atoms with Crippen molar-refractivity contribution in [1.82, 2.24) is 4.90 Å². The Morgan fingerprint density at radius 1 is 1.44 bits per heavy atom. The van der Waals surface area contributed by atoms with Crippen molar-refractivity contribution < 1.29 is 9.21 Å². The molecular weight excluding hydrogens is 202 g/mol. The molecule has 88 valence electrons. The molecule has 0 atom stereocenters. The van der Waals surface area contributed by atoms with Crippen molar-refractivity contribution in [3.8, 4) is 0 Å². The van der Waals surface area contributed by atoms with Crippen LogP contribution in [-0.4, -0.2) is 17.9 Å². The van der Waals surface area contributed by atoms with E-state index in [0.29, 0.717) is 12.5 Å². The summed E-state index contributed by atoms with van der Waals surface area (Å²) < 4.78 is 5.00. The average Bonchev–Trinajstić information content (AvgIpc) is 2.82. The van der Waals surface area contributed by atoms with Crippen molar-refractivity contribution in [2.45, 2.75) is 38.6 Å². The first-order valence-electron chi connectivity index (χ1n) is 6.03. The van der Waals surface area contributed by atoms with Crippen LogP contribution in [0.4, 0.5) is 0 Å². The van der Waals surface area contributed by atoms with Crippen LogP contribution in [-0.2, 0) is 11.3 Å². The van der Waals surface area contributed by atoms with Crippen molar-refractivity contribution in [3.05, 3.63) is 24.2 Å². The SMILES string of the molecule is CN(Cc1ccoc1)C(=O)C1CCCCC1. The second-order valence-corrected chi connectivity index (χ2v) is 4.66. The molecule has 0 aromatic carbocycles. The summed E-state index contributed by atoms with van der Waals surface area (Å²) in [6.07, 6.45) is 9.17.